The summed E-state index contributed by atoms with van der Waals surface area (Å²) in [6, 6.07) is 5.54. The first-order chi connectivity index (χ1) is 8.39. The van der Waals surface area contributed by atoms with Gasteiger partial charge in [0, 0.05) is 25.7 Å². The molecule has 1 saturated heterocycles. The fourth-order valence-corrected chi connectivity index (χ4v) is 2.46. The van der Waals surface area contributed by atoms with Gasteiger partial charge in [-0.1, -0.05) is 38.4 Å². The van der Waals surface area contributed by atoms with Gasteiger partial charge < -0.3 is 10.2 Å². The molecule has 2 rings (SSSR count). The number of halogens is 2. The molecule has 1 heterocycles. The lowest BCUT2D eigenvalue weighted by atomic mass is 9.85. The molecule has 2 nitrogen and oxygen atoms in total. The van der Waals surface area contributed by atoms with E-state index in [2.05, 4.69) is 31.0 Å². The molecule has 0 aliphatic carbocycles. The molecule has 1 N–H and O–H groups in total. The highest BCUT2D eigenvalue weighted by Crippen LogP contribution is 2.29. The maximum absolute atomic E-state index is 14.0. The molecule has 0 saturated carbocycles. The van der Waals surface area contributed by atoms with Crippen LogP contribution in [0.15, 0.2) is 18.2 Å². The lowest BCUT2D eigenvalue weighted by Crippen LogP contribution is -2.56. The van der Waals surface area contributed by atoms with Crippen molar-refractivity contribution in [3.05, 3.63) is 29.0 Å². The van der Waals surface area contributed by atoms with Crippen LogP contribution in [-0.4, -0.2) is 25.7 Å². The summed E-state index contributed by atoms with van der Waals surface area (Å²) < 4.78 is 14.0. The lowest BCUT2D eigenvalue weighted by Gasteiger charge is -2.41. The molecular formula is C14H20ClFN2. The van der Waals surface area contributed by atoms with E-state index in [0.29, 0.717) is 11.7 Å². The minimum absolute atomic E-state index is 0.160. The second-order valence-electron chi connectivity index (χ2n) is 5.89. The van der Waals surface area contributed by atoms with E-state index in [-0.39, 0.29) is 16.3 Å². The zero-order valence-electron chi connectivity index (χ0n) is 11.1. The van der Waals surface area contributed by atoms with E-state index >= 15 is 0 Å². The molecule has 1 atom stereocenters. The van der Waals surface area contributed by atoms with Crippen LogP contribution in [0.1, 0.15) is 20.8 Å². The van der Waals surface area contributed by atoms with Crippen LogP contribution in [0.25, 0.3) is 0 Å². The quantitative estimate of drug-likeness (QED) is 0.842. The van der Waals surface area contributed by atoms with Gasteiger partial charge in [0.1, 0.15) is 0 Å². The number of anilines is 1. The summed E-state index contributed by atoms with van der Waals surface area (Å²) in [5, 5.41) is 3.69. The second-order valence-corrected chi connectivity index (χ2v) is 6.30. The van der Waals surface area contributed by atoms with Crippen molar-refractivity contribution in [2.75, 3.05) is 24.5 Å². The Bertz CT molecular complexity index is 428. The topological polar surface area (TPSA) is 15.3 Å². The summed E-state index contributed by atoms with van der Waals surface area (Å²) in [6.07, 6.45) is 0. The minimum atomic E-state index is -0.311. The van der Waals surface area contributed by atoms with Gasteiger partial charge >= 0.3 is 0 Å². The smallest absolute Gasteiger partial charge is 0.165 e. The second kappa shape index (κ2) is 5.06. The Morgan fingerprint density at radius 1 is 1.39 bits per heavy atom. The van der Waals surface area contributed by atoms with Crippen molar-refractivity contribution in [1.82, 2.24) is 5.32 Å². The van der Waals surface area contributed by atoms with Crippen LogP contribution in [0.5, 0.6) is 0 Å². The van der Waals surface area contributed by atoms with Crippen molar-refractivity contribution < 1.29 is 4.39 Å². The van der Waals surface area contributed by atoms with Crippen molar-refractivity contribution in [3.63, 3.8) is 0 Å². The Morgan fingerprint density at radius 3 is 2.78 bits per heavy atom. The van der Waals surface area contributed by atoms with E-state index in [1.807, 2.05) is 0 Å². The lowest BCUT2D eigenvalue weighted by molar-refractivity contribution is 0.253. The average Bonchev–Trinajstić information content (AvgIpc) is 2.32. The summed E-state index contributed by atoms with van der Waals surface area (Å²) in [6.45, 7) is 9.08. The van der Waals surface area contributed by atoms with E-state index in [1.165, 1.54) is 0 Å². The number of benzene rings is 1. The van der Waals surface area contributed by atoms with Gasteiger partial charge in [-0.15, -0.1) is 0 Å². The SMILES string of the molecule is CC(C)(C)C1CN(c2cccc(Cl)c2F)CCN1. The Kier molecular flexibility index (Phi) is 3.83. The van der Waals surface area contributed by atoms with Crippen LogP contribution in [0.4, 0.5) is 10.1 Å². The van der Waals surface area contributed by atoms with Gasteiger partial charge in [0.2, 0.25) is 0 Å². The summed E-state index contributed by atoms with van der Waals surface area (Å²) in [7, 11) is 0. The Morgan fingerprint density at radius 2 is 2.11 bits per heavy atom. The fourth-order valence-electron chi connectivity index (χ4n) is 2.29. The Balaban J connectivity index is 2.21. The molecule has 0 bridgehead atoms. The summed E-state index contributed by atoms with van der Waals surface area (Å²) >= 11 is 5.84. The fraction of sp³-hybridized carbons (Fsp3) is 0.571. The molecule has 0 spiro atoms. The summed E-state index contributed by atoms with van der Waals surface area (Å²) in [5.41, 5.74) is 0.770. The zero-order chi connectivity index (χ0) is 13.3. The Labute approximate surface area is 113 Å². The first-order valence-electron chi connectivity index (χ1n) is 6.32. The van der Waals surface area contributed by atoms with Gasteiger partial charge in [0.15, 0.2) is 5.82 Å². The van der Waals surface area contributed by atoms with Crippen molar-refractivity contribution >= 4 is 17.3 Å². The van der Waals surface area contributed by atoms with E-state index in [0.717, 1.165) is 19.6 Å². The minimum Gasteiger partial charge on any atom is -0.366 e. The van der Waals surface area contributed by atoms with Gasteiger partial charge in [-0.3, -0.25) is 0 Å². The molecule has 1 aliphatic heterocycles. The van der Waals surface area contributed by atoms with Crippen LogP contribution >= 0.6 is 11.6 Å². The third-order valence-corrected chi connectivity index (χ3v) is 3.78. The third-order valence-electron chi connectivity index (χ3n) is 3.49. The first kappa shape index (κ1) is 13.6. The highest BCUT2D eigenvalue weighted by Gasteiger charge is 2.30. The van der Waals surface area contributed by atoms with Crippen molar-refractivity contribution in [2.45, 2.75) is 26.8 Å². The van der Waals surface area contributed by atoms with Crippen LogP contribution in [0, 0.1) is 11.2 Å². The predicted molar refractivity (Wildman–Crippen MR) is 74.9 cm³/mol. The monoisotopic (exact) mass is 270 g/mol. The normalized spacial score (nSPS) is 21.2. The molecule has 100 valence electrons. The van der Waals surface area contributed by atoms with Crippen molar-refractivity contribution in [1.29, 1.82) is 0 Å². The zero-order valence-corrected chi connectivity index (χ0v) is 11.9. The number of rotatable bonds is 1. The van der Waals surface area contributed by atoms with Crippen LogP contribution in [-0.2, 0) is 0 Å². The summed E-state index contributed by atoms with van der Waals surface area (Å²) in [5.74, 6) is -0.311. The summed E-state index contributed by atoms with van der Waals surface area (Å²) in [4.78, 5) is 2.08. The highest BCUT2D eigenvalue weighted by atomic mass is 35.5. The maximum Gasteiger partial charge on any atom is 0.165 e. The standard InChI is InChI=1S/C14H20ClFN2/c1-14(2,3)12-9-18(8-7-17-12)11-6-4-5-10(15)13(11)16/h4-6,12,17H,7-9H2,1-3H3. The van der Waals surface area contributed by atoms with E-state index in [4.69, 9.17) is 11.6 Å². The van der Waals surface area contributed by atoms with Crippen molar-refractivity contribution in [2.24, 2.45) is 5.41 Å². The third kappa shape index (κ3) is 2.78. The van der Waals surface area contributed by atoms with Gasteiger partial charge in [0.25, 0.3) is 0 Å². The molecule has 0 radical (unpaired) electrons. The van der Waals surface area contributed by atoms with Crippen LogP contribution < -0.4 is 10.2 Å². The molecule has 0 aromatic heterocycles. The van der Waals surface area contributed by atoms with E-state index in [1.54, 1.807) is 18.2 Å². The number of nitrogens with one attached hydrogen (secondary N) is 1. The van der Waals surface area contributed by atoms with Gasteiger partial charge in [-0.2, -0.15) is 0 Å². The van der Waals surface area contributed by atoms with Crippen LogP contribution in [0.2, 0.25) is 5.02 Å². The Hall–Kier alpha value is -0.800. The largest absolute Gasteiger partial charge is 0.366 e. The van der Waals surface area contributed by atoms with E-state index < -0.39 is 0 Å². The number of piperazine rings is 1. The number of nitrogens with zero attached hydrogens (tertiary/aromatic N) is 1. The molecule has 1 aliphatic rings. The van der Waals surface area contributed by atoms with Gasteiger partial charge in [-0.25, -0.2) is 4.39 Å². The van der Waals surface area contributed by atoms with Gasteiger partial charge in [-0.05, 0) is 17.5 Å². The maximum atomic E-state index is 14.0. The molecule has 1 unspecified atom stereocenters. The first-order valence-corrected chi connectivity index (χ1v) is 6.70. The number of hydrogen-bond acceptors (Lipinski definition) is 2. The highest BCUT2D eigenvalue weighted by molar-refractivity contribution is 6.31. The molecule has 0 amide bonds. The van der Waals surface area contributed by atoms with Crippen LogP contribution in [0.3, 0.4) is 0 Å². The molecular weight excluding hydrogens is 251 g/mol. The van der Waals surface area contributed by atoms with Gasteiger partial charge in [0.05, 0.1) is 10.7 Å². The number of hydrogen-bond donors (Lipinski definition) is 1. The predicted octanol–water partition coefficient (Wildman–Crippen LogP) is 3.30. The van der Waals surface area contributed by atoms with Crippen molar-refractivity contribution in [3.8, 4) is 0 Å². The molecule has 1 aromatic rings. The molecule has 1 aromatic carbocycles. The molecule has 4 heteroatoms. The molecule has 18 heavy (non-hydrogen) atoms. The average molecular weight is 271 g/mol. The molecule has 1 fully saturated rings. The van der Waals surface area contributed by atoms with E-state index in [9.17, 15) is 4.39 Å².